The lowest BCUT2D eigenvalue weighted by Crippen LogP contribution is -2.52. The Morgan fingerprint density at radius 2 is 1.95 bits per heavy atom. The summed E-state index contributed by atoms with van der Waals surface area (Å²) in [5.41, 5.74) is 2.29. The van der Waals surface area contributed by atoms with Crippen molar-refractivity contribution in [2.45, 2.75) is 38.7 Å². The molecule has 5 nitrogen and oxygen atoms in total. The molecule has 1 amide bonds. The maximum Gasteiger partial charge on any atom is 0.409 e. The van der Waals surface area contributed by atoms with Crippen molar-refractivity contribution < 1.29 is 19.1 Å². The van der Waals surface area contributed by atoms with Crippen molar-refractivity contribution in [2.24, 2.45) is 0 Å². The third-order valence-corrected chi connectivity index (χ3v) is 4.63. The third kappa shape index (κ3) is 2.45. The molecule has 0 bridgehead atoms. The normalized spacial score (nSPS) is 19.6. The number of hydrogen-bond acceptors (Lipinski definition) is 4. The molecule has 0 aromatic heterocycles. The fourth-order valence-electron chi connectivity index (χ4n) is 3.44. The van der Waals surface area contributed by atoms with Gasteiger partial charge in [-0.15, -0.1) is 0 Å². The lowest BCUT2D eigenvalue weighted by Gasteiger charge is -2.44. The third-order valence-electron chi connectivity index (χ3n) is 4.63. The summed E-state index contributed by atoms with van der Waals surface area (Å²) in [6.45, 7) is 5.07. The van der Waals surface area contributed by atoms with E-state index in [2.05, 4.69) is 0 Å². The zero-order valence-corrected chi connectivity index (χ0v) is 13.3. The van der Waals surface area contributed by atoms with E-state index in [1.807, 2.05) is 26.0 Å². The Bertz CT molecular complexity index is 630. The molecule has 118 valence electrons. The summed E-state index contributed by atoms with van der Waals surface area (Å²) < 4.78 is 11.0. The maximum absolute atomic E-state index is 12.5. The predicted octanol–water partition coefficient (Wildman–Crippen LogP) is 2.87. The second-order valence-corrected chi connectivity index (χ2v) is 6.30. The van der Waals surface area contributed by atoms with Gasteiger partial charge in [0.1, 0.15) is 11.4 Å². The minimum Gasteiger partial charge on any atom is -0.486 e. The summed E-state index contributed by atoms with van der Waals surface area (Å²) in [7, 11) is 1.38. The van der Waals surface area contributed by atoms with E-state index in [4.69, 9.17) is 9.47 Å². The number of fused-ring (bicyclic) bond motifs is 1. The lowest BCUT2D eigenvalue weighted by molar-refractivity contribution is -0.00756. The molecule has 0 aliphatic carbocycles. The topological polar surface area (TPSA) is 55.8 Å². The molecule has 3 rings (SSSR count). The minimum atomic E-state index is -0.478. The highest BCUT2D eigenvalue weighted by molar-refractivity contribution is 6.01. The average molecular weight is 303 g/mol. The smallest absolute Gasteiger partial charge is 0.409 e. The molecule has 0 N–H and O–H groups in total. The van der Waals surface area contributed by atoms with E-state index in [1.54, 1.807) is 4.90 Å². The molecule has 1 fully saturated rings. The Morgan fingerprint density at radius 3 is 2.59 bits per heavy atom. The number of carbonyl (C=O) groups is 2. The number of ketones is 1. The SMILES string of the molecule is COC(=O)N1CCC2(CC1)CC(=O)c1cc(C)cc(C)c1O2. The van der Waals surface area contributed by atoms with Crippen LogP contribution in [0.4, 0.5) is 4.79 Å². The maximum atomic E-state index is 12.5. The van der Waals surface area contributed by atoms with E-state index in [1.165, 1.54) is 7.11 Å². The highest BCUT2D eigenvalue weighted by Crippen LogP contribution is 2.41. The van der Waals surface area contributed by atoms with Gasteiger partial charge in [0.15, 0.2) is 5.78 Å². The number of methoxy groups -OCH3 is 1. The van der Waals surface area contributed by atoms with Crippen molar-refractivity contribution in [3.05, 3.63) is 28.8 Å². The van der Waals surface area contributed by atoms with E-state index < -0.39 is 5.60 Å². The van der Waals surface area contributed by atoms with Crippen LogP contribution in [0.5, 0.6) is 5.75 Å². The number of piperidine rings is 1. The molecular formula is C17H21NO4. The van der Waals surface area contributed by atoms with Crippen LogP contribution >= 0.6 is 0 Å². The molecule has 1 aromatic rings. The number of nitrogens with zero attached hydrogens (tertiary/aromatic N) is 1. The average Bonchev–Trinajstić information content (AvgIpc) is 2.49. The zero-order valence-electron chi connectivity index (χ0n) is 13.3. The summed E-state index contributed by atoms with van der Waals surface area (Å²) in [6.07, 6.45) is 1.38. The van der Waals surface area contributed by atoms with Crippen LogP contribution in [0.2, 0.25) is 0 Å². The van der Waals surface area contributed by atoms with Crippen molar-refractivity contribution in [1.82, 2.24) is 4.90 Å². The number of benzene rings is 1. The van der Waals surface area contributed by atoms with Crippen LogP contribution in [0.15, 0.2) is 12.1 Å². The number of likely N-dealkylation sites (tertiary alicyclic amines) is 1. The van der Waals surface area contributed by atoms with Crippen LogP contribution in [0.1, 0.15) is 40.7 Å². The summed E-state index contributed by atoms with van der Waals surface area (Å²) in [4.78, 5) is 25.8. The first kappa shape index (κ1) is 14.9. The summed E-state index contributed by atoms with van der Waals surface area (Å²) in [5, 5.41) is 0. The number of hydrogen-bond donors (Lipinski definition) is 0. The summed E-state index contributed by atoms with van der Waals surface area (Å²) in [6, 6.07) is 3.94. The number of amides is 1. The van der Waals surface area contributed by atoms with E-state index in [0.29, 0.717) is 43.7 Å². The molecule has 2 heterocycles. The Balaban J connectivity index is 1.84. The second kappa shape index (κ2) is 5.30. The lowest BCUT2D eigenvalue weighted by atomic mass is 9.81. The fourth-order valence-corrected chi connectivity index (χ4v) is 3.44. The number of rotatable bonds is 0. The van der Waals surface area contributed by atoms with Crippen molar-refractivity contribution in [2.75, 3.05) is 20.2 Å². The second-order valence-electron chi connectivity index (χ2n) is 6.30. The van der Waals surface area contributed by atoms with E-state index in [-0.39, 0.29) is 11.9 Å². The molecule has 2 aliphatic heterocycles. The van der Waals surface area contributed by atoms with Gasteiger partial charge in [0.25, 0.3) is 0 Å². The predicted molar refractivity (Wildman–Crippen MR) is 81.4 cm³/mol. The first-order valence-corrected chi connectivity index (χ1v) is 7.60. The van der Waals surface area contributed by atoms with Crippen LogP contribution in [-0.2, 0) is 4.74 Å². The van der Waals surface area contributed by atoms with Crippen molar-refractivity contribution in [1.29, 1.82) is 0 Å². The molecule has 1 aromatic carbocycles. The van der Waals surface area contributed by atoms with E-state index >= 15 is 0 Å². The van der Waals surface area contributed by atoms with Crippen LogP contribution < -0.4 is 4.74 Å². The largest absolute Gasteiger partial charge is 0.486 e. The zero-order chi connectivity index (χ0) is 15.9. The van der Waals surface area contributed by atoms with Gasteiger partial charge in [-0.25, -0.2) is 4.79 Å². The van der Waals surface area contributed by atoms with Crippen LogP contribution in [0.3, 0.4) is 0 Å². The molecule has 22 heavy (non-hydrogen) atoms. The molecule has 2 aliphatic rings. The monoisotopic (exact) mass is 303 g/mol. The van der Waals surface area contributed by atoms with Gasteiger partial charge in [0.05, 0.1) is 19.1 Å². The van der Waals surface area contributed by atoms with Gasteiger partial charge in [0.2, 0.25) is 0 Å². The first-order chi connectivity index (χ1) is 10.4. The Kier molecular flexibility index (Phi) is 3.59. The molecule has 0 saturated carbocycles. The minimum absolute atomic E-state index is 0.138. The number of aryl methyl sites for hydroxylation is 2. The quantitative estimate of drug-likeness (QED) is 0.739. The molecule has 5 heteroatoms. The first-order valence-electron chi connectivity index (χ1n) is 7.60. The molecule has 1 spiro atoms. The van der Waals surface area contributed by atoms with Gasteiger partial charge in [-0.3, -0.25) is 4.79 Å². The number of Topliss-reactive ketones (excluding diaryl/α,β-unsaturated/α-hetero) is 1. The van der Waals surface area contributed by atoms with E-state index in [9.17, 15) is 9.59 Å². The van der Waals surface area contributed by atoms with Gasteiger partial charge in [-0.05, 0) is 31.0 Å². The number of carbonyl (C=O) groups excluding carboxylic acids is 2. The Morgan fingerprint density at radius 1 is 1.27 bits per heavy atom. The molecule has 0 radical (unpaired) electrons. The molecule has 1 saturated heterocycles. The van der Waals surface area contributed by atoms with Crippen LogP contribution in [-0.4, -0.2) is 42.6 Å². The van der Waals surface area contributed by atoms with Gasteiger partial charge in [0, 0.05) is 25.9 Å². The summed E-state index contributed by atoms with van der Waals surface area (Å²) >= 11 is 0. The van der Waals surface area contributed by atoms with Crippen molar-refractivity contribution in [3.63, 3.8) is 0 Å². The summed E-state index contributed by atoms with van der Waals surface area (Å²) in [5.74, 6) is 0.855. The van der Waals surface area contributed by atoms with E-state index in [0.717, 1.165) is 11.1 Å². The molecule has 0 unspecified atom stereocenters. The van der Waals surface area contributed by atoms with Gasteiger partial charge in [-0.2, -0.15) is 0 Å². The standard InChI is InChI=1S/C17H21NO4/c1-11-8-12(2)15-13(9-11)14(19)10-17(22-15)4-6-18(7-5-17)16(20)21-3/h8-9H,4-7,10H2,1-3H3. The van der Waals surface area contributed by atoms with Crippen LogP contribution in [0.25, 0.3) is 0 Å². The van der Waals surface area contributed by atoms with Gasteiger partial charge < -0.3 is 14.4 Å². The highest BCUT2D eigenvalue weighted by atomic mass is 16.5. The van der Waals surface area contributed by atoms with Crippen molar-refractivity contribution >= 4 is 11.9 Å². The molecule has 0 atom stereocenters. The number of ether oxygens (including phenoxy) is 2. The Labute approximate surface area is 130 Å². The van der Waals surface area contributed by atoms with Gasteiger partial charge >= 0.3 is 6.09 Å². The van der Waals surface area contributed by atoms with Crippen molar-refractivity contribution in [3.8, 4) is 5.75 Å². The molecular weight excluding hydrogens is 282 g/mol. The van der Waals surface area contributed by atoms with Crippen LogP contribution in [0, 0.1) is 13.8 Å². The highest BCUT2D eigenvalue weighted by Gasteiger charge is 2.44. The van der Waals surface area contributed by atoms with Gasteiger partial charge in [-0.1, -0.05) is 6.07 Å². The Hall–Kier alpha value is -2.04. The fraction of sp³-hybridized carbons (Fsp3) is 0.529.